The normalized spacial score (nSPS) is 17.7. The number of hydrogen-bond donors (Lipinski definition) is 1. The molecule has 0 radical (unpaired) electrons. The SMILES string of the molecule is CCOc1ccccc1CCNC(=O)[C@H]1CC(=O)N(C(C)C)C1. The molecular weight excluding hydrogens is 292 g/mol. The molecule has 0 saturated carbocycles. The van der Waals surface area contributed by atoms with Crippen molar-refractivity contribution in [1.82, 2.24) is 10.2 Å². The van der Waals surface area contributed by atoms with E-state index in [1.165, 1.54) is 0 Å². The van der Waals surface area contributed by atoms with Crippen LogP contribution in [-0.2, 0) is 16.0 Å². The van der Waals surface area contributed by atoms with Crippen LogP contribution in [0.25, 0.3) is 0 Å². The van der Waals surface area contributed by atoms with Gasteiger partial charge in [-0.2, -0.15) is 0 Å². The van der Waals surface area contributed by atoms with Crippen LogP contribution in [0.3, 0.4) is 0 Å². The van der Waals surface area contributed by atoms with Crippen molar-refractivity contribution >= 4 is 11.8 Å². The number of ether oxygens (including phenoxy) is 1. The second-order valence-electron chi connectivity index (χ2n) is 6.12. The third-order valence-corrected chi connectivity index (χ3v) is 4.12. The molecule has 0 unspecified atom stereocenters. The largest absolute Gasteiger partial charge is 0.494 e. The zero-order chi connectivity index (χ0) is 16.8. The van der Waals surface area contributed by atoms with Crippen molar-refractivity contribution in [1.29, 1.82) is 0 Å². The Hall–Kier alpha value is -2.04. The van der Waals surface area contributed by atoms with Gasteiger partial charge in [0.2, 0.25) is 11.8 Å². The van der Waals surface area contributed by atoms with E-state index in [0.29, 0.717) is 26.1 Å². The maximum absolute atomic E-state index is 12.2. The zero-order valence-corrected chi connectivity index (χ0v) is 14.2. The lowest BCUT2D eigenvalue weighted by Gasteiger charge is -2.20. The van der Waals surface area contributed by atoms with Gasteiger partial charge in [0.05, 0.1) is 12.5 Å². The van der Waals surface area contributed by atoms with Crippen LogP contribution < -0.4 is 10.1 Å². The second kappa shape index (κ2) is 7.99. The van der Waals surface area contributed by atoms with Gasteiger partial charge in [0.15, 0.2) is 0 Å². The van der Waals surface area contributed by atoms with Crippen LogP contribution in [0, 0.1) is 5.92 Å². The van der Waals surface area contributed by atoms with E-state index in [0.717, 1.165) is 17.7 Å². The van der Waals surface area contributed by atoms with E-state index in [4.69, 9.17) is 4.74 Å². The molecule has 5 nitrogen and oxygen atoms in total. The summed E-state index contributed by atoms with van der Waals surface area (Å²) >= 11 is 0. The molecule has 2 rings (SSSR count). The van der Waals surface area contributed by atoms with Gasteiger partial charge in [-0.05, 0) is 38.8 Å². The first-order valence-corrected chi connectivity index (χ1v) is 8.30. The van der Waals surface area contributed by atoms with Crippen molar-refractivity contribution in [3.8, 4) is 5.75 Å². The van der Waals surface area contributed by atoms with Gasteiger partial charge >= 0.3 is 0 Å². The van der Waals surface area contributed by atoms with Crippen molar-refractivity contribution in [2.45, 2.75) is 39.7 Å². The molecule has 126 valence electrons. The summed E-state index contributed by atoms with van der Waals surface area (Å²) in [5, 5.41) is 2.95. The van der Waals surface area contributed by atoms with Crippen LogP contribution in [0.1, 0.15) is 32.8 Å². The number of amides is 2. The lowest BCUT2D eigenvalue weighted by Crippen LogP contribution is -2.36. The average Bonchev–Trinajstić information content (AvgIpc) is 2.91. The zero-order valence-electron chi connectivity index (χ0n) is 14.2. The quantitative estimate of drug-likeness (QED) is 0.836. The highest BCUT2D eigenvalue weighted by molar-refractivity contribution is 5.89. The average molecular weight is 318 g/mol. The van der Waals surface area contributed by atoms with Crippen LogP contribution in [0.15, 0.2) is 24.3 Å². The third kappa shape index (κ3) is 4.47. The highest BCUT2D eigenvalue weighted by Crippen LogP contribution is 2.21. The monoisotopic (exact) mass is 318 g/mol. The molecule has 0 spiro atoms. The van der Waals surface area contributed by atoms with Gasteiger partial charge in [-0.1, -0.05) is 18.2 Å². The molecule has 1 aliphatic rings. The van der Waals surface area contributed by atoms with Crippen molar-refractivity contribution in [2.75, 3.05) is 19.7 Å². The molecule has 1 atom stereocenters. The molecule has 1 aromatic carbocycles. The number of nitrogens with one attached hydrogen (secondary N) is 1. The summed E-state index contributed by atoms with van der Waals surface area (Å²) in [7, 11) is 0. The Morgan fingerprint density at radius 2 is 2.13 bits per heavy atom. The standard InChI is InChI=1S/C18H26N2O3/c1-4-23-16-8-6-5-7-14(16)9-10-19-18(22)15-11-17(21)20(12-15)13(2)3/h5-8,13,15H,4,9-12H2,1-3H3,(H,19,22)/t15-/m0/s1. The predicted octanol–water partition coefficient (Wildman–Crippen LogP) is 2.00. The Bertz CT molecular complexity index is 557. The Morgan fingerprint density at radius 3 is 2.78 bits per heavy atom. The number of hydrogen-bond acceptors (Lipinski definition) is 3. The van der Waals surface area contributed by atoms with Gasteiger partial charge in [0.25, 0.3) is 0 Å². The minimum atomic E-state index is -0.230. The van der Waals surface area contributed by atoms with E-state index >= 15 is 0 Å². The fourth-order valence-electron chi connectivity index (χ4n) is 2.88. The van der Waals surface area contributed by atoms with Crippen LogP contribution >= 0.6 is 0 Å². The Morgan fingerprint density at radius 1 is 1.39 bits per heavy atom. The van der Waals surface area contributed by atoms with Crippen LogP contribution in [0.5, 0.6) is 5.75 Å². The molecule has 1 N–H and O–H groups in total. The highest BCUT2D eigenvalue weighted by Gasteiger charge is 2.35. The first-order valence-electron chi connectivity index (χ1n) is 8.30. The number of carbonyl (C=O) groups is 2. The number of benzene rings is 1. The Kier molecular flexibility index (Phi) is 6.02. The van der Waals surface area contributed by atoms with Crippen molar-refractivity contribution in [2.24, 2.45) is 5.92 Å². The first kappa shape index (κ1) is 17.3. The van der Waals surface area contributed by atoms with Crippen LogP contribution in [-0.4, -0.2) is 42.5 Å². The Balaban J connectivity index is 1.83. The summed E-state index contributed by atoms with van der Waals surface area (Å²) in [5.74, 6) is 0.676. The molecule has 0 aromatic heterocycles. The molecule has 0 bridgehead atoms. The summed E-state index contributed by atoms with van der Waals surface area (Å²) in [4.78, 5) is 25.9. The Labute approximate surface area is 138 Å². The van der Waals surface area contributed by atoms with E-state index in [2.05, 4.69) is 5.32 Å². The summed E-state index contributed by atoms with van der Waals surface area (Å²) < 4.78 is 5.58. The molecule has 1 aliphatic heterocycles. The van der Waals surface area contributed by atoms with E-state index in [1.54, 1.807) is 4.90 Å². The van der Waals surface area contributed by atoms with Gasteiger partial charge < -0.3 is 15.0 Å². The summed E-state index contributed by atoms with van der Waals surface area (Å²) in [5.41, 5.74) is 1.08. The van der Waals surface area contributed by atoms with Gasteiger partial charge in [0, 0.05) is 25.6 Å². The van der Waals surface area contributed by atoms with E-state index in [-0.39, 0.29) is 23.8 Å². The fraction of sp³-hybridized carbons (Fsp3) is 0.556. The first-order chi connectivity index (χ1) is 11.0. The molecular formula is C18H26N2O3. The van der Waals surface area contributed by atoms with Crippen molar-refractivity contribution < 1.29 is 14.3 Å². The topological polar surface area (TPSA) is 58.6 Å². The lowest BCUT2D eigenvalue weighted by atomic mass is 10.1. The molecule has 5 heteroatoms. The number of likely N-dealkylation sites (tertiary alicyclic amines) is 1. The molecule has 1 heterocycles. The molecule has 1 saturated heterocycles. The van der Waals surface area contributed by atoms with E-state index in [9.17, 15) is 9.59 Å². The maximum Gasteiger partial charge on any atom is 0.225 e. The smallest absolute Gasteiger partial charge is 0.225 e. The highest BCUT2D eigenvalue weighted by atomic mass is 16.5. The van der Waals surface area contributed by atoms with Gasteiger partial charge in [0.1, 0.15) is 5.75 Å². The maximum atomic E-state index is 12.2. The predicted molar refractivity (Wildman–Crippen MR) is 89.3 cm³/mol. The summed E-state index contributed by atoms with van der Waals surface area (Å²) in [6, 6.07) is 8.01. The second-order valence-corrected chi connectivity index (χ2v) is 6.12. The van der Waals surface area contributed by atoms with Crippen LogP contribution in [0.4, 0.5) is 0 Å². The lowest BCUT2D eigenvalue weighted by molar-refractivity contribution is -0.129. The van der Waals surface area contributed by atoms with Gasteiger partial charge in [-0.15, -0.1) is 0 Å². The summed E-state index contributed by atoms with van der Waals surface area (Å²) in [6.45, 7) is 7.60. The number of para-hydroxylation sites is 1. The number of rotatable bonds is 7. The fourth-order valence-corrected chi connectivity index (χ4v) is 2.88. The summed E-state index contributed by atoms with van der Waals surface area (Å²) in [6.07, 6.45) is 1.04. The van der Waals surface area contributed by atoms with Crippen LogP contribution in [0.2, 0.25) is 0 Å². The molecule has 0 aliphatic carbocycles. The van der Waals surface area contributed by atoms with Crippen molar-refractivity contribution in [3.05, 3.63) is 29.8 Å². The van der Waals surface area contributed by atoms with E-state index in [1.807, 2.05) is 45.0 Å². The molecule has 2 amide bonds. The number of carbonyl (C=O) groups excluding carboxylic acids is 2. The van der Waals surface area contributed by atoms with Gasteiger partial charge in [-0.3, -0.25) is 9.59 Å². The molecule has 1 aromatic rings. The minimum Gasteiger partial charge on any atom is -0.494 e. The minimum absolute atomic E-state index is 0.0320. The van der Waals surface area contributed by atoms with Gasteiger partial charge in [-0.25, -0.2) is 0 Å². The van der Waals surface area contributed by atoms with E-state index < -0.39 is 0 Å². The molecule has 1 fully saturated rings. The molecule has 23 heavy (non-hydrogen) atoms. The third-order valence-electron chi connectivity index (χ3n) is 4.12. The van der Waals surface area contributed by atoms with Crippen molar-refractivity contribution in [3.63, 3.8) is 0 Å². The number of nitrogens with zero attached hydrogens (tertiary/aromatic N) is 1.